The zero-order valence-electron chi connectivity index (χ0n) is 17.6. The molecule has 4 rings (SSSR count). The van der Waals surface area contributed by atoms with Gasteiger partial charge in [-0.1, -0.05) is 13.8 Å². The number of rotatable bonds is 4. The minimum Gasteiger partial charge on any atom is -0.394 e. The highest BCUT2D eigenvalue weighted by Gasteiger charge is 2.76. The lowest BCUT2D eigenvalue weighted by atomic mass is 9.60. The predicted molar refractivity (Wildman–Crippen MR) is 101 cm³/mol. The summed E-state index contributed by atoms with van der Waals surface area (Å²) in [6.07, 6.45) is -5.31. The molecule has 4 bridgehead atoms. The van der Waals surface area contributed by atoms with Crippen molar-refractivity contribution >= 4 is 0 Å². The van der Waals surface area contributed by atoms with Crippen LogP contribution >= 0.6 is 0 Å². The molecule has 12 atom stereocenters. The summed E-state index contributed by atoms with van der Waals surface area (Å²) < 4.78 is 11.7. The first-order valence-electron chi connectivity index (χ1n) is 10.7. The number of hydrogen-bond donors (Lipinski definition) is 6. The molecule has 4 fully saturated rings. The lowest BCUT2D eigenvalue weighted by Crippen LogP contribution is -2.61. The molecule has 0 aromatic carbocycles. The summed E-state index contributed by atoms with van der Waals surface area (Å²) in [6.45, 7) is 7.30. The quantitative estimate of drug-likeness (QED) is 0.333. The fourth-order valence-corrected chi connectivity index (χ4v) is 7.20. The minimum atomic E-state index is -1.49. The van der Waals surface area contributed by atoms with Crippen LogP contribution in [-0.4, -0.2) is 85.8 Å². The van der Waals surface area contributed by atoms with Crippen molar-refractivity contribution in [2.75, 3.05) is 6.61 Å². The van der Waals surface area contributed by atoms with Crippen LogP contribution in [-0.2, 0) is 9.47 Å². The van der Waals surface area contributed by atoms with Crippen LogP contribution in [0.1, 0.15) is 47.0 Å². The molecule has 0 radical (unpaired) electrons. The summed E-state index contributed by atoms with van der Waals surface area (Å²) in [5.74, 6) is 0.154. The first-order chi connectivity index (χ1) is 13.4. The third kappa shape index (κ3) is 2.80. The van der Waals surface area contributed by atoms with Crippen molar-refractivity contribution in [3.8, 4) is 0 Å². The van der Waals surface area contributed by atoms with E-state index < -0.39 is 60.5 Å². The number of aliphatic hydroxyl groups is 6. The van der Waals surface area contributed by atoms with Crippen molar-refractivity contribution in [1.82, 2.24) is 0 Å². The number of aliphatic hydroxyl groups excluding tert-OH is 5. The molecule has 1 saturated heterocycles. The van der Waals surface area contributed by atoms with Crippen molar-refractivity contribution in [2.45, 2.75) is 95.5 Å². The number of ether oxygens (including phenoxy) is 2. The van der Waals surface area contributed by atoms with Crippen LogP contribution in [0.5, 0.6) is 0 Å². The van der Waals surface area contributed by atoms with Crippen LogP contribution in [0.15, 0.2) is 0 Å². The van der Waals surface area contributed by atoms with Crippen LogP contribution in [0.2, 0.25) is 0 Å². The van der Waals surface area contributed by atoms with Crippen molar-refractivity contribution in [1.29, 1.82) is 0 Å². The molecule has 0 aromatic rings. The van der Waals surface area contributed by atoms with E-state index >= 15 is 0 Å². The van der Waals surface area contributed by atoms with Gasteiger partial charge in [0.05, 0.1) is 24.4 Å². The van der Waals surface area contributed by atoms with Crippen LogP contribution in [0.25, 0.3) is 0 Å². The van der Waals surface area contributed by atoms with Gasteiger partial charge in [0, 0.05) is 5.41 Å². The van der Waals surface area contributed by atoms with E-state index in [4.69, 9.17) is 9.47 Å². The Bertz CT molecular complexity index is 635. The molecule has 1 heterocycles. The van der Waals surface area contributed by atoms with E-state index in [0.717, 1.165) is 12.8 Å². The third-order valence-corrected chi connectivity index (χ3v) is 9.12. The van der Waals surface area contributed by atoms with Crippen LogP contribution in [0, 0.1) is 28.6 Å². The molecule has 0 amide bonds. The van der Waals surface area contributed by atoms with E-state index in [1.807, 2.05) is 20.8 Å². The van der Waals surface area contributed by atoms with Gasteiger partial charge in [0.1, 0.15) is 24.4 Å². The van der Waals surface area contributed by atoms with Gasteiger partial charge in [0.2, 0.25) is 0 Å². The van der Waals surface area contributed by atoms with Crippen molar-refractivity contribution in [2.24, 2.45) is 28.6 Å². The van der Waals surface area contributed by atoms with Crippen LogP contribution < -0.4 is 0 Å². The van der Waals surface area contributed by atoms with Crippen molar-refractivity contribution in [3.05, 3.63) is 0 Å². The average molecular weight is 417 g/mol. The highest BCUT2D eigenvalue weighted by molar-refractivity contribution is 5.24. The maximum absolute atomic E-state index is 11.4. The molecule has 6 N–H and O–H groups in total. The van der Waals surface area contributed by atoms with Gasteiger partial charge in [-0.25, -0.2) is 0 Å². The molecule has 168 valence electrons. The van der Waals surface area contributed by atoms with Gasteiger partial charge >= 0.3 is 0 Å². The Hall–Kier alpha value is -0.320. The summed E-state index contributed by atoms with van der Waals surface area (Å²) in [7, 11) is 0. The SMILES string of the molecule is CC(C)(O)[C@H]1CC[C@@]2(C)[C@@H]3C[C@@H](O[C@@H]4O[C@H](CO)[C@@H](O)[C@H](O)[C@H]4O)[C@]2(C)[C@H](O)C31. The summed E-state index contributed by atoms with van der Waals surface area (Å²) in [4.78, 5) is 0. The summed E-state index contributed by atoms with van der Waals surface area (Å²) >= 11 is 0. The van der Waals surface area contributed by atoms with Crippen molar-refractivity contribution in [3.63, 3.8) is 0 Å². The van der Waals surface area contributed by atoms with E-state index in [1.165, 1.54) is 0 Å². The fraction of sp³-hybridized carbons (Fsp3) is 1.00. The highest BCUT2D eigenvalue weighted by Crippen LogP contribution is 2.75. The summed E-state index contributed by atoms with van der Waals surface area (Å²) in [5, 5.41) is 61.9. The van der Waals surface area contributed by atoms with Gasteiger partial charge in [0.15, 0.2) is 6.29 Å². The molecule has 3 aliphatic carbocycles. The molecule has 1 aliphatic heterocycles. The van der Waals surface area contributed by atoms with Gasteiger partial charge in [-0.3, -0.25) is 0 Å². The summed E-state index contributed by atoms with van der Waals surface area (Å²) in [6, 6.07) is 0. The van der Waals surface area contributed by atoms with E-state index in [9.17, 15) is 30.6 Å². The molecule has 8 heteroatoms. The largest absolute Gasteiger partial charge is 0.394 e. The Kier molecular flexibility index (Phi) is 5.16. The fourth-order valence-electron chi connectivity index (χ4n) is 7.20. The minimum absolute atomic E-state index is 0.00519. The maximum atomic E-state index is 11.4. The third-order valence-electron chi connectivity index (χ3n) is 9.12. The second-order valence-electron chi connectivity index (χ2n) is 10.7. The average Bonchev–Trinajstić information content (AvgIpc) is 2.92. The number of hydrogen-bond acceptors (Lipinski definition) is 8. The van der Waals surface area contributed by atoms with Gasteiger partial charge in [-0.2, -0.15) is 0 Å². The standard InChI is InChI=1S/C21H36O8/c1-19(2,27)9-5-6-20(3)10-7-12(21(20,4)17(26)13(9)10)29-18-16(25)15(24)14(23)11(8-22)28-18/h9-18,22-27H,5-8H2,1-4H3/t9-,10+,11+,12+,13?,14+,15-,16+,17+,18-,20-,21+/m0/s1. The first-order valence-corrected chi connectivity index (χ1v) is 10.7. The van der Waals surface area contributed by atoms with E-state index in [-0.39, 0.29) is 23.2 Å². The molecule has 0 spiro atoms. The monoisotopic (exact) mass is 416 g/mol. The second kappa shape index (κ2) is 6.84. The highest BCUT2D eigenvalue weighted by atomic mass is 16.7. The van der Waals surface area contributed by atoms with Gasteiger partial charge in [-0.15, -0.1) is 0 Å². The molecule has 3 saturated carbocycles. The molecule has 8 nitrogen and oxygen atoms in total. The molecule has 29 heavy (non-hydrogen) atoms. The Morgan fingerprint density at radius 3 is 2.31 bits per heavy atom. The Labute approximate surface area is 171 Å². The zero-order chi connectivity index (χ0) is 21.5. The first kappa shape index (κ1) is 21.9. The molecular formula is C21H36O8. The predicted octanol–water partition coefficient (Wildman–Crippen LogP) is -0.624. The Morgan fingerprint density at radius 1 is 1.07 bits per heavy atom. The molecular weight excluding hydrogens is 380 g/mol. The summed E-state index contributed by atoms with van der Waals surface area (Å²) in [5.41, 5.74) is -1.64. The molecule has 4 aliphatic rings. The lowest BCUT2D eigenvalue weighted by Gasteiger charge is -2.47. The zero-order valence-corrected chi connectivity index (χ0v) is 17.6. The normalized spacial score (nSPS) is 57.3. The maximum Gasteiger partial charge on any atom is 0.186 e. The Balaban J connectivity index is 1.58. The Morgan fingerprint density at radius 2 is 1.72 bits per heavy atom. The van der Waals surface area contributed by atoms with E-state index in [0.29, 0.717) is 6.42 Å². The molecule has 1 unspecified atom stereocenters. The topological polar surface area (TPSA) is 140 Å². The van der Waals surface area contributed by atoms with Gasteiger partial charge in [-0.05, 0) is 56.3 Å². The lowest BCUT2D eigenvalue weighted by molar-refractivity contribution is -0.323. The van der Waals surface area contributed by atoms with Crippen LogP contribution in [0.4, 0.5) is 0 Å². The van der Waals surface area contributed by atoms with Crippen LogP contribution in [0.3, 0.4) is 0 Å². The van der Waals surface area contributed by atoms with Crippen molar-refractivity contribution < 1.29 is 40.1 Å². The smallest absolute Gasteiger partial charge is 0.186 e. The van der Waals surface area contributed by atoms with Gasteiger partial charge < -0.3 is 40.1 Å². The van der Waals surface area contributed by atoms with E-state index in [1.54, 1.807) is 0 Å². The molecule has 0 aromatic heterocycles. The van der Waals surface area contributed by atoms with E-state index in [2.05, 4.69) is 6.92 Å². The second-order valence-corrected chi connectivity index (χ2v) is 10.7. The van der Waals surface area contributed by atoms with Gasteiger partial charge in [0.25, 0.3) is 0 Å².